The number of Topliss-reactive ketones (excluding diaryl/α,β-unsaturated/α-hetero) is 1. The number of dihydropyridines is 1. The normalized spacial score (nSPS) is 20.5. The number of allylic oxidation sites excluding steroid dienone is 3. The fourth-order valence-corrected chi connectivity index (χ4v) is 4.45. The van der Waals surface area contributed by atoms with Crippen LogP contribution in [0.5, 0.6) is 11.5 Å². The highest BCUT2D eigenvalue weighted by atomic mass is 16.5. The zero-order valence-corrected chi connectivity index (χ0v) is 18.7. The molecule has 6 heteroatoms. The Bertz CT molecular complexity index is 926. The summed E-state index contributed by atoms with van der Waals surface area (Å²) in [5.41, 5.74) is 3.42. The van der Waals surface area contributed by atoms with Crippen LogP contribution in [-0.2, 0) is 14.3 Å². The molecule has 1 aromatic rings. The minimum absolute atomic E-state index is 0.0496. The van der Waals surface area contributed by atoms with Crippen LogP contribution in [0.25, 0.3) is 0 Å². The summed E-state index contributed by atoms with van der Waals surface area (Å²) in [5.74, 6) is 0.317. The van der Waals surface area contributed by atoms with E-state index < -0.39 is 11.9 Å². The van der Waals surface area contributed by atoms with Crippen LogP contribution >= 0.6 is 0 Å². The molecule has 162 valence electrons. The molecule has 0 saturated carbocycles. The summed E-state index contributed by atoms with van der Waals surface area (Å²) in [4.78, 5) is 26.4. The number of hydrogen-bond acceptors (Lipinski definition) is 6. The van der Waals surface area contributed by atoms with Crippen LogP contribution in [0.1, 0.15) is 58.4 Å². The molecule has 3 rings (SSSR count). The number of nitrogens with one attached hydrogen (secondary N) is 1. The maximum atomic E-state index is 13.3. The van der Waals surface area contributed by atoms with E-state index >= 15 is 0 Å². The Kier molecular flexibility index (Phi) is 6.25. The van der Waals surface area contributed by atoms with Crippen molar-refractivity contribution in [2.45, 2.75) is 52.9 Å². The third-order valence-electron chi connectivity index (χ3n) is 5.72. The molecule has 0 spiro atoms. The molecule has 0 saturated heterocycles. The predicted molar refractivity (Wildman–Crippen MR) is 114 cm³/mol. The molecular formula is C24H31NO5. The molecular weight excluding hydrogens is 382 g/mol. The van der Waals surface area contributed by atoms with Crippen LogP contribution in [0.4, 0.5) is 0 Å². The average Bonchev–Trinajstić information content (AvgIpc) is 2.70. The molecule has 30 heavy (non-hydrogen) atoms. The highest BCUT2D eigenvalue weighted by Gasteiger charge is 2.44. The summed E-state index contributed by atoms with van der Waals surface area (Å²) < 4.78 is 16.4. The van der Waals surface area contributed by atoms with Crippen LogP contribution in [0.3, 0.4) is 0 Å². The predicted octanol–water partition coefficient (Wildman–Crippen LogP) is 4.26. The Balaban J connectivity index is 2.27. The Morgan fingerprint density at radius 1 is 1.17 bits per heavy atom. The second kappa shape index (κ2) is 8.54. The van der Waals surface area contributed by atoms with Gasteiger partial charge in [0.15, 0.2) is 5.78 Å². The number of hydrogen-bond donors (Lipinski definition) is 1. The van der Waals surface area contributed by atoms with Crippen molar-refractivity contribution in [1.29, 1.82) is 0 Å². The minimum Gasteiger partial charge on any atom is -0.497 e. The van der Waals surface area contributed by atoms with Gasteiger partial charge in [0.1, 0.15) is 11.5 Å². The zero-order valence-electron chi connectivity index (χ0n) is 18.7. The van der Waals surface area contributed by atoms with Gasteiger partial charge in [0.25, 0.3) is 0 Å². The molecule has 1 aliphatic heterocycles. The van der Waals surface area contributed by atoms with Gasteiger partial charge >= 0.3 is 5.97 Å². The maximum absolute atomic E-state index is 13.3. The largest absolute Gasteiger partial charge is 0.497 e. The average molecular weight is 414 g/mol. The zero-order chi connectivity index (χ0) is 22.1. The first-order valence-corrected chi connectivity index (χ1v) is 10.4. The summed E-state index contributed by atoms with van der Waals surface area (Å²) in [6, 6.07) is 5.48. The van der Waals surface area contributed by atoms with Crippen LogP contribution in [-0.4, -0.2) is 32.6 Å². The number of carbonyl (C=O) groups is 2. The number of carbonyl (C=O) groups excluding carboxylic acids is 2. The van der Waals surface area contributed by atoms with Crippen molar-refractivity contribution in [3.05, 3.63) is 46.3 Å². The first-order chi connectivity index (χ1) is 14.3. The number of rotatable bonds is 6. The van der Waals surface area contributed by atoms with Crippen LogP contribution in [0.2, 0.25) is 0 Å². The number of methoxy groups -OCH3 is 2. The first-order valence-electron chi connectivity index (χ1n) is 10.4. The molecule has 6 nitrogen and oxygen atoms in total. The molecule has 0 amide bonds. The van der Waals surface area contributed by atoms with E-state index in [1.807, 2.05) is 19.1 Å². The molecule has 1 aliphatic carbocycles. The Hall–Kier alpha value is -2.76. The monoisotopic (exact) mass is 413 g/mol. The summed E-state index contributed by atoms with van der Waals surface area (Å²) in [5, 5.41) is 3.41. The smallest absolute Gasteiger partial charge is 0.336 e. The van der Waals surface area contributed by atoms with E-state index in [1.165, 1.54) is 0 Å². The number of ketones is 1. The molecule has 1 aromatic carbocycles. The number of ether oxygens (including phenoxy) is 3. The van der Waals surface area contributed by atoms with Gasteiger partial charge in [-0.3, -0.25) is 4.79 Å². The van der Waals surface area contributed by atoms with E-state index in [4.69, 9.17) is 14.2 Å². The van der Waals surface area contributed by atoms with Crippen molar-refractivity contribution in [3.8, 4) is 11.5 Å². The fourth-order valence-electron chi connectivity index (χ4n) is 4.45. The summed E-state index contributed by atoms with van der Waals surface area (Å²) in [7, 11) is 3.17. The molecule has 0 unspecified atom stereocenters. The highest BCUT2D eigenvalue weighted by Crippen LogP contribution is 2.49. The quantitative estimate of drug-likeness (QED) is 0.703. The topological polar surface area (TPSA) is 73.9 Å². The van der Waals surface area contributed by atoms with E-state index in [9.17, 15) is 9.59 Å². The Morgan fingerprint density at radius 3 is 2.50 bits per heavy atom. The second-order valence-corrected chi connectivity index (χ2v) is 8.47. The highest BCUT2D eigenvalue weighted by molar-refractivity contribution is 6.04. The second-order valence-electron chi connectivity index (χ2n) is 8.47. The fraction of sp³-hybridized carbons (Fsp3) is 0.500. The molecule has 2 aliphatic rings. The van der Waals surface area contributed by atoms with Crippen LogP contribution < -0.4 is 14.8 Å². The van der Waals surface area contributed by atoms with Crippen molar-refractivity contribution >= 4 is 11.8 Å². The minimum atomic E-state index is -0.542. The van der Waals surface area contributed by atoms with Gasteiger partial charge in [0, 0.05) is 35.0 Å². The standard InChI is InChI=1S/C24H31NO5/c1-7-16-22(23(27)30-8-2)20(15-10-9-14(28-5)11-19(15)29-6)21-17(25-16)12-24(3,4)13-18(21)26/h9-11,20,25H,7-8,12-13H2,1-6H3/t20-/m1/s1. The lowest BCUT2D eigenvalue weighted by molar-refractivity contribution is -0.138. The van der Waals surface area contributed by atoms with E-state index in [1.54, 1.807) is 27.2 Å². The summed E-state index contributed by atoms with van der Waals surface area (Å²) >= 11 is 0. The molecule has 0 fully saturated rings. The number of esters is 1. The SMILES string of the molecule is CCOC(=O)C1=C(CC)NC2=C(C(=O)CC(C)(C)C2)[C@H]1c1ccc(OC)cc1OC. The molecule has 0 bridgehead atoms. The third kappa shape index (κ3) is 3.95. The molecule has 0 aromatic heterocycles. The van der Waals surface area contributed by atoms with Gasteiger partial charge in [-0.1, -0.05) is 26.8 Å². The lowest BCUT2D eigenvalue weighted by atomic mass is 9.68. The van der Waals surface area contributed by atoms with Gasteiger partial charge in [-0.25, -0.2) is 4.79 Å². The van der Waals surface area contributed by atoms with Gasteiger partial charge in [0.05, 0.1) is 32.3 Å². The van der Waals surface area contributed by atoms with Gasteiger partial charge in [-0.05, 0) is 31.2 Å². The van der Waals surface area contributed by atoms with Crippen LogP contribution in [0, 0.1) is 5.41 Å². The van der Waals surface area contributed by atoms with E-state index in [-0.39, 0.29) is 17.8 Å². The maximum Gasteiger partial charge on any atom is 0.336 e. The lowest BCUT2D eigenvalue weighted by Crippen LogP contribution is -2.39. The van der Waals surface area contributed by atoms with Crippen molar-refractivity contribution in [1.82, 2.24) is 5.32 Å². The Labute approximate surface area is 178 Å². The van der Waals surface area contributed by atoms with Gasteiger partial charge in [-0.2, -0.15) is 0 Å². The van der Waals surface area contributed by atoms with Crippen LogP contribution in [0.15, 0.2) is 40.7 Å². The van der Waals surface area contributed by atoms with Crippen molar-refractivity contribution < 1.29 is 23.8 Å². The summed E-state index contributed by atoms with van der Waals surface area (Å²) in [6.07, 6.45) is 1.79. The van der Waals surface area contributed by atoms with Crippen molar-refractivity contribution in [2.75, 3.05) is 20.8 Å². The molecule has 1 N–H and O–H groups in total. The van der Waals surface area contributed by atoms with Crippen molar-refractivity contribution in [3.63, 3.8) is 0 Å². The number of benzene rings is 1. The van der Waals surface area contributed by atoms with Gasteiger partial charge < -0.3 is 19.5 Å². The third-order valence-corrected chi connectivity index (χ3v) is 5.72. The molecule has 0 radical (unpaired) electrons. The van der Waals surface area contributed by atoms with Gasteiger partial charge in [-0.15, -0.1) is 0 Å². The van der Waals surface area contributed by atoms with E-state index in [0.29, 0.717) is 35.5 Å². The Morgan fingerprint density at radius 2 is 1.90 bits per heavy atom. The van der Waals surface area contributed by atoms with Gasteiger partial charge in [0.2, 0.25) is 0 Å². The van der Waals surface area contributed by atoms with E-state index in [0.717, 1.165) is 23.4 Å². The molecule has 1 atom stereocenters. The molecule has 1 heterocycles. The first kappa shape index (κ1) is 21.9. The summed E-state index contributed by atoms with van der Waals surface area (Å²) in [6.45, 7) is 8.22. The van der Waals surface area contributed by atoms with Crippen molar-refractivity contribution in [2.24, 2.45) is 5.41 Å². The van der Waals surface area contributed by atoms with E-state index in [2.05, 4.69) is 19.2 Å². The lowest BCUT2D eigenvalue weighted by Gasteiger charge is -2.40.